The van der Waals surface area contributed by atoms with E-state index < -0.39 is 25.4 Å². The molecular weight excluding hydrogens is 332 g/mol. The second-order valence-corrected chi connectivity index (χ2v) is 13.3. The molecule has 5 heteroatoms. The summed E-state index contributed by atoms with van der Waals surface area (Å²) in [6, 6.07) is 0. The Morgan fingerprint density at radius 1 is 1.16 bits per heavy atom. The summed E-state index contributed by atoms with van der Waals surface area (Å²) >= 11 is 0. The van der Waals surface area contributed by atoms with Crippen LogP contribution in [-0.4, -0.2) is 34.2 Å². The largest absolute Gasteiger partial charge is 0.468 e. The fraction of sp³-hybridized carbons (Fsp3) is 0.600. The summed E-state index contributed by atoms with van der Waals surface area (Å²) in [6.45, 7) is 9.18. The van der Waals surface area contributed by atoms with Gasteiger partial charge in [-0.2, -0.15) is 0 Å². The molecule has 0 radical (unpaired) electrons. The van der Waals surface area contributed by atoms with Crippen LogP contribution >= 0.6 is 0 Å². The topological polar surface area (TPSA) is 52.6 Å². The lowest BCUT2D eigenvalue weighted by atomic mass is 9.69. The maximum absolute atomic E-state index is 12.5. The van der Waals surface area contributed by atoms with Crippen LogP contribution in [0.1, 0.15) is 32.6 Å². The highest BCUT2D eigenvalue weighted by Crippen LogP contribution is 2.47. The smallest absolute Gasteiger partial charge is 0.323 e. The first-order chi connectivity index (χ1) is 11.7. The van der Waals surface area contributed by atoms with Gasteiger partial charge < -0.3 is 9.47 Å². The van der Waals surface area contributed by atoms with E-state index in [1.54, 1.807) is 0 Å². The van der Waals surface area contributed by atoms with Gasteiger partial charge in [-0.15, -0.1) is 0 Å². The number of esters is 2. The second-order valence-electron chi connectivity index (χ2n) is 8.22. The van der Waals surface area contributed by atoms with E-state index in [0.717, 1.165) is 12.8 Å². The van der Waals surface area contributed by atoms with Gasteiger partial charge in [0.1, 0.15) is 0 Å². The molecule has 0 saturated heterocycles. The number of allylic oxidation sites excluding steroid dienone is 6. The maximum Gasteiger partial charge on any atom is 0.323 e. The zero-order chi connectivity index (χ0) is 18.8. The Hall–Kier alpha value is -1.62. The molecule has 0 heterocycles. The van der Waals surface area contributed by atoms with Crippen molar-refractivity contribution in [2.45, 2.75) is 52.2 Å². The van der Waals surface area contributed by atoms with Crippen molar-refractivity contribution >= 4 is 20.0 Å². The molecule has 1 unspecified atom stereocenters. The Labute approximate surface area is 152 Å². The highest BCUT2D eigenvalue weighted by atomic mass is 28.3. The van der Waals surface area contributed by atoms with Crippen LogP contribution in [0.3, 0.4) is 0 Å². The monoisotopic (exact) mass is 362 g/mol. The third-order valence-electron chi connectivity index (χ3n) is 5.30. The zero-order valence-electron chi connectivity index (χ0n) is 16.3. The molecular formula is C20H30O4Si. The summed E-state index contributed by atoms with van der Waals surface area (Å²) < 4.78 is 9.98. The van der Waals surface area contributed by atoms with E-state index in [-0.39, 0.29) is 0 Å². The molecule has 0 bridgehead atoms. The fourth-order valence-electron chi connectivity index (χ4n) is 4.02. The Morgan fingerprint density at radius 3 is 2.28 bits per heavy atom. The van der Waals surface area contributed by atoms with E-state index in [9.17, 15) is 9.59 Å². The number of carbonyl (C=O) groups excluding carboxylic acids is 2. The number of carbonyl (C=O) groups is 2. The van der Waals surface area contributed by atoms with Crippen molar-refractivity contribution in [1.29, 1.82) is 0 Å². The number of rotatable bonds is 3. The van der Waals surface area contributed by atoms with E-state index in [4.69, 9.17) is 9.47 Å². The van der Waals surface area contributed by atoms with Gasteiger partial charge in [0.05, 0.1) is 22.3 Å². The van der Waals surface area contributed by atoms with Crippen molar-refractivity contribution in [1.82, 2.24) is 0 Å². The number of methoxy groups -OCH3 is 2. The van der Waals surface area contributed by atoms with Gasteiger partial charge in [0.2, 0.25) is 0 Å². The van der Waals surface area contributed by atoms with Crippen LogP contribution in [0, 0.1) is 11.3 Å². The highest BCUT2D eigenvalue weighted by Gasteiger charge is 2.51. The maximum atomic E-state index is 12.5. The third-order valence-corrected chi connectivity index (χ3v) is 7.38. The van der Waals surface area contributed by atoms with Gasteiger partial charge in [-0.3, -0.25) is 9.59 Å². The average Bonchev–Trinajstić information content (AvgIpc) is 2.54. The van der Waals surface area contributed by atoms with E-state index in [2.05, 4.69) is 44.8 Å². The van der Waals surface area contributed by atoms with E-state index in [1.807, 2.05) is 0 Å². The summed E-state index contributed by atoms with van der Waals surface area (Å²) in [6.07, 6.45) is 9.06. The fourth-order valence-corrected chi connectivity index (χ4v) is 5.82. The first kappa shape index (κ1) is 19.7. The molecule has 2 rings (SSSR count). The van der Waals surface area contributed by atoms with Crippen LogP contribution in [0.15, 0.2) is 34.6 Å². The lowest BCUT2D eigenvalue weighted by molar-refractivity contribution is -0.170. The van der Waals surface area contributed by atoms with Crippen molar-refractivity contribution in [3.05, 3.63) is 34.6 Å². The van der Waals surface area contributed by atoms with Crippen LogP contribution in [-0.2, 0) is 19.1 Å². The number of hydrogen-bond acceptors (Lipinski definition) is 4. The van der Waals surface area contributed by atoms with Gasteiger partial charge in [0.25, 0.3) is 0 Å². The molecule has 0 amide bonds. The van der Waals surface area contributed by atoms with Crippen molar-refractivity contribution in [2.75, 3.05) is 14.2 Å². The molecule has 0 aromatic carbocycles. The molecule has 0 fully saturated rings. The second kappa shape index (κ2) is 7.32. The summed E-state index contributed by atoms with van der Waals surface area (Å²) in [5, 5.41) is 1.42. The van der Waals surface area contributed by atoms with Crippen LogP contribution in [0.2, 0.25) is 19.6 Å². The number of hydrogen-bond donors (Lipinski definition) is 0. The van der Waals surface area contributed by atoms with Gasteiger partial charge in [0, 0.05) is 0 Å². The van der Waals surface area contributed by atoms with E-state index in [0.29, 0.717) is 18.8 Å². The average molecular weight is 363 g/mol. The molecule has 0 aromatic heterocycles. The molecule has 0 N–H and O–H groups in total. The lowest BCUT2D eigenvalue weighted by Gasteiger charge is -2.38. The van der Waals surface area contributed by atoms with E-state index >= 15 is 0 Å². The van der Waals surface area contributed by atoms with Crippen molar-refractivity contribution in [3.8, 4) is 0 Å². The lowest BCUT2D eigenvalue weighted by Crippen LogP contribution is -2.44. The van der Waals surface area contributed by atoms with Gasteiger partial charge in [-0.25, -0.2) is 0 Å². The summed E-state index contributed by atoms with van der Waals surface area (Å²) in [5.74, 6) is -0.583. The molecule has 0 saturated carbocycles. The minimum atomic E-state index is -1.54. The van der Waals surface area contributed by atoms with Gasteiger partial charge in [-0.1, -0.05) is 55.6 Å². The number of ether oxygens (including phenoxy) is 2. The Morgan fingerprint density at radius 2 is 1.76 bits per heavy atom. The first-order valence-corrected chi connectivity index (χ1v) is 12.4. The first-order valence-electron chi connectivity index (χ1n) is 8.93. The molecule has 0 spiro atoms. The quantitative estimate of drug-likeness (QED) is 0.429. The SMILES string of the molecule is COC(=O)C1(C(=O)OC)CCC2=C(CC(C)/C=C\C=C/2[Si](C)(C)C)C1. The molecule has 138 valence electrons. The van der Waals surface area contributed by atoms with Crippen LogP contribution in [0.25, 0.3) is 0 Å². The van der Waals surface area contributed by atoms with Crippen LogP contribution in [0.4, 0.5) is 0 Å². The Kier molecular flexibility index (Phi) is 5.77. The predicted octanol–water partition coefficient (Wildman–Crippen LogP) is 4.20. The molecule has 4 nitrogen and oxygen atoms in total. The minimum Gasteiger partial charge on any atom is -0.468 e. The summed E-state index contributed by atoms with van der Waals surface area (Å²) in [4.78, 5) is 25.0. The van der Waals surface area contributed by atoms with Crippen molar-refractivity contribution < 1.29 is 19.1 Å². The van der Waals surface area contributed by atoms with Crippen LogP contribution in [0.5, 0.6) is 0 Å². The predicted molar refractivity (Wildman–Crippen MR) is 102 cm³/mol. The molecule has 2 aliphatic rings. The molecule has 2 aliphatic carbocycles. The van der Waals surface area contributed by atoms with Gasteiger partial charge >= 0.3 is 11.9 Å². The normalized spacial score (nSPS) is 26.5. The molecule has 0 aliphatic heterocycles. The van der Waals surface area contributed by atoms with Crippen molar-refractivity contribution in [3.63, 3.8) is 0 Å². The van der Waals surface area contributed by atoms with E-state index in [1.165, 1.54) is 30.6 Å². The highest BCUT2D eigenvalue weighted by molar-refractivity contribution is 6.84. The molecule has 25 heavy (non-hydrogen) atoms. The van der Waals surface area contributed by atoms with Gasteiger partial charge in [-0.05, 0) is 37.2 Å². The third kappa shape index (κ3) is 3.81. The van der Waals surface area contributed by atoms with Crippen molar-refractivity contribution in [2.24, 2.45) is 11.3 Å². The van der Waals surface area contributed by atoms with Crippen LogP contribution < -0.4 is 0 Å². The molecule has 1 atom stereocenters. The Balaban J connectivity index is 2.56. The zero-order valence-corrected chi connectivity index (χ0v) is 17.3. The summed E-state index contributed by atoms with van der Waals surface area (Å²) in [7, 11) is 1.14. The van der Waals surface area contributed by atoms with Gasteiger partial charge in [0.15, 0.2) is 5.41 Å². The Bertz CT molecular complexity index is 633. The molecule has 0 aromatic rings. The summed E-state index contributed by atoms with van der Waals surface area (Å²) in [5.41, 5.74) is 1.38. The minimum absolute atomic E-state index is 0.371. The standard InChI is InChI=1S/C20H30O4Si/c1-14-8-7-9-17(25(4,5)6)16-10-11-20(18(21)23-2,19(22)24-3)13-15(16)12-14/h7-9,14H,10-13H2,1-6H3/b8-7-,17-9+.